The van der Waals surface area contributed by atoms with Gasteiger partial charge in [0.25, 0.3) is 0 Å². The molecule has 3 heterocycles. The molecule has 0 aromatic carbocycles. The minimum absolute atomic E-state index is 0.0943. The molecule has 2 fully saturated rings. The summed E-state index contributed by atoms with van der Waals surface area (Å²) in [7, 11) is 0. The van der Waals surface area contributed by atoms with Crippen LogP contribution >= 0.6 is 0 Å². The minimum atomic E-state index is -0.115. The molecule has 2 saturated heterocycles. The fourth-order valence-electron chi connectivity index (χ4n) is 4.13. The molecule has 5 nitrogen and oxygen atoms in total. The van der Waals surface area contributed by atoms with Gasteiger partial charge in [0.05, 0.1) is 0 Å². The minimum Gasteiger partial charge on any atom is -0.446 e. The van der Waals surface area contributed by atoms with Gasteiger partial charge in [-0.3, -0.25) is 0 Å². The molecule has 0 radical (unpaired) electrons. The summed E-state index contributed by atoms with van der Waals surface area (Å²) in [5, 5.41) is 6.63. The van der Waals surface area contributed by atoms with Crippen LogP contribution in [-0.2, 0) is 4.74 Å². The highest BCUT2D eigenvalue weighted by molar-refractivity contribution is 5.67. The number of hydrogen-bond donors (Lipinski definition) is 2. The molecule has 0 spiro atoms. The number of nitrogens with zero attached hydrogens (tertiary/aromatic N) is 1. The first-order valence-electron chi connectivity index (χ1n) is 13.5. The fraction of sp³-hybridized carbons (Fsp3) is 0.889. The number of carbonyl (C=O) groups excluding carboxylic acids is 1. The number of carbonyl (C=O) groups is 1. The molecule has 3 aliphatic rings. The summed E-state index contributed by atoms with van der Waals surface area (Å²) in [5.74, 6) is 1.73. The van der Waals surface area contributed by atoms with Crippen molar-refractivity contribution in [3.05, 3.63) is 11.6 Å². The van der Waals surface area contributed by atoms with Crippen molar-refractivity contribution in [2.24, 2.45) is 11.8 Å². The van der Waals surface area contributed by atoms with Gasteiger partial charge in [0, 0.05) is 19.6 Å². The van der Waals surface area contributed by atoms with Crippen LogP contribution in [0.15, 0.2) is 11.6 Å². The first-order chi connectivity index (χ1) is 15.5. The third kappa shape index (κ3) is 13.5. The van der Waals surface area contributed by atoms with Crippen molar-refractivity contribution in [1.29, 1.82) is 0 Å². The molecule has 0 aromatic rings. The highest BCUT2D eigenvalue weighted by Crippen LogP contribution is 2.17. The molecule has 0 aliphatic carbocycles. The van der Waals surface area contributed by atoms with E-state index >= 15 is 0 Å². The summed E-state index contributed by atoms with van der Waals surface area (Å²) < 4.78 is 5.41. The SMILES string of the molecule is CC1CCNCC1.CCC(CC)OC(=O)N1CCC(C)CC1.CCCCC1=CCNCC1. The highest BCUT2D eigenvalue weighted by atomic mass is 16.6. The second kappa shape index (κ2) is 18.4. The predicted octanol–water partition coefficient (Wildman–Crippen LogP) is 6.15. The predicted molar refractivity (Wildman–Crippen MR) is 137 cm³/mol. The van der Waals surface area contributed by atoms with Crippen molar-refractivity contribution in [3.63, 3.8) is 0 Å². The Morgan fingerprint density at radius 2 is 1.62 bits per heavy atom. The Balaban J connectivity index is 0.000000259. The lowest BCUT2D eigenvalue weighted by Crippen LogP contribution is -2.39. The van der Waals surface area contributed by atoms with Crippen molar-refractivity contribution in [3.8, 4) is 0 Å². The zero-order valence-electron chi connectivity index (χ0n) is 21.9. The quantitative estimate of drug-likeness (QED) is 0.476. The van der Waals surface area contributed by atoms with E-state index in [-0.39, 0.29) is 12.2 Å². The van der Waals surface area contributed by atoms with Gasteiger partial charge in [-0.25, -0.2) is 4.79 Å². The Hall–Kier alpha value is -1.07. The van der Waals surface area contributed by atoms with Crippen molar-refractivity contribution in [2.75, 3.05) is 39.3 Å². The number of likely N-dealkylation sites (tertiary alicyclic amines) is 1. The standard InChI is InChI=1S/C12H23NO2.C9H17N.C6H13N/c1-4-11(5-2)15-12(14)13-8-6-10(3)7-9-13;1-2-3-4-9-5-7-10-8-6-9;1-6-2-4-7-5-3-6/h10-11H,4-9H2,1-3H3;5,10H,2-4,6-8H2,1H3;6-7H,2-5H2,1H3. The molecule has 5 heteroatoms. The van der Waals surface area contributed by atoms with Gasteiger partial charge in [0.1, 0.15) is 6.10 Å². The van der Waals surface area contributed by atoms with Crippen LogP contribution in [0.3, 0.4) is 0 Å². The van der Waals surface area contributed by atoms with Gasteiger partial charge in [-0.15, -0.1) is 0 Å². The van der Waals surface area contributed by atoms with Gasteiger partial charge in [0.2, 0.25) is 0 Å². The monoisotopic (exact) mass is 451 g/mol. The van der Waals surface area contributed by atoms with Gasteiger partial charge in [-0.1, -0.05) is 52.7 Å². The van der Waals surface area contributed by atoms with Crippen LogP contribution in [-0.4, -0.2) is 56.4 Å². The zero-order chi connectivity index (χ0) is 23.6. The third-order valence-corrected chi connectivity index (χ3v) is 6.86. The van der Waals surface area contributed by atoms with Crippen molar-refractivity contribution >= 4 is 6.09 Å². The van der Waals surface area contributed by atoms with E-state index in [1.807, 2.05) is 4.90 Å². The molecular weight excluding hydrogens is 398 g/mol. The Bertz CT molecular complexity index is 491. The number of amides is 1. The summed E-state index contributed by atoms with van der Waals surface area (Å²) in [4.78, 5) is 13.6. The summed E-state index contributed by atoms with van der Waals surface area (Å²) >= 11 is 0. The lowest BCUT2D eigenvalue weighted by Gasteiger charge is -2.30. The number of nitrogens with one attached hydrogen (secondary N) is 2. The molecule has 3 rings (SSSR count). The first kappa shape index (κ1) is 29.0. The Morgan fingerprint density at radius 3 is 2.09 bits per heavy atom. The summed E-state index contributed by atoms with van der Waals surface area (Å²) in [6.07, 6.45) is 14.4. The fourth-order valence-corrected chi connectivity index (χ4v) is 4.13. The summed E-state index contributed by atoms with van der Waals surface area (Å²) in [6, 6.07) is 0. The average Bonchev–Trinajstić information content (AvgIpc) is 2.83. The van der Waals surface area contributed by atoms with Crippen LogP contribution in [0.25, 0.3) is 0 Å². The van der Waals surface area contributed by atoms with Gasteiger partial charge in [-0.2, -0.15) is 0 Å². The Labute approximate surface area is 199 Å². The molecule has 2 N–H and O–H groups in total. The molecule has 0 saturated carbocycles. The lowest BCUT2D eigenvalue weighted by atomic mass is 10.00. The topological polar surface area (TPSA) is 53.6 Å². The number of piperidine rings is 2. The van der Waals surface area contributed by atoms with E-state index in [2.05, 4.69) is 51.3 Å². The molecule has 188 valence electrons. The second-order valence-corrected chi connectivity index (χ2v) is 9.84. The average molecular weight is 452 g/mol. The van der Waals surface area contributed by atoms with E-state index in [1.165, 1.54) is 58.2 Å². The normalized spacial score (nSPS) is 19.9. The van der Waals surface area contributed by atoms with Gasteiger partial charge >= 0.3 is 6.09 Å². The molecule has 0 bridgehead atoms. The molecular formula is C27H53N3O2. The number of ether oxygens (including phenoxy) is 1. The lowest BCUT2D eigenvalue weighted by molar-refractivity contribution is 0.0506. The second-order valence-electron chi connectivity index (χ2n) is 9.84. The molecule has 1 amide bonds. The maximum absolute atomic E-state index is 11.7. The van der Waals surface area contributed by atoms with Crippen LogP contribution in [0.2, 0.25) is 0 Å². The molecule has 0 atom stereocenters. The van der Waals surface area contributed by atoms with Crippen molar-refractivity contribution in [1.82, 2.24) is 15.5 Å². The molecule has 32 heavy (non-hydrogen) atoms. The Morgan fingerprint density at radius 1 is 1.00 bits per heavy atom. The van der Waals surface area contributed by atoms with Gasteiger partial charge in [-0.05, 0) is 89.3 Å². The van der Waals surface area contributed by atoms with Crippen molar-refractivity contribution < 1.29 is 9.53 Å². The summed E-state index contributed by atoms with van der Waals surface area (Å²) in [6.45, 7) is 17.4. The molecule has 3 aliphatic heterocycles. The van der Waals surface area contributed by atoms with E-state index < -0.39 is 0 Å². The van der Waals surface area contributed by atoms with Crippen LogP contribution in [0.5, 0.6) is 0 Å². The number of rotatable bonds is 6. The largest absolute Gasteiger partial charge is 0.446 e. The van der Waals surface area contributed by atoms with E-state index in [1.54, 1.807) is 5.57 Å². The summed E-state index contributed by atoms with van der Waals surface area (Å²) in [5.41, 5.74) is 1.67. The first-order valence-corrected chi connectivity index (χ1v) is 13.5. The van der Waals surface area contributed by atoms with E-state index in [0.717, 1.165) is 57.2 Å². The maximum Gasteiger partial charge on any atom is 0.410 e. The van der Waals surface area contributed by atoms with Crippen LogP contribution in [0, 0.1) is 11.8 Å². The third-order valence-electron chi connectivity index (χ3n) is 6.86. The highest BCUT2D eigenvalue weighted by Gasteiger charge is 2.22. The van der Waals surface area contributed by atoms with Crippen molar-refractivity contribution in [2.45, 2.75) is 105 Å². The van der Waals surface area contributed by atoms with E-state index in [4.69, 9.17) is 4.74 Å². The molecule has 0 aromatic heterocycles. The van der Waals surface area contributed by atoms with E-state index in [0.29, 0.717) is 0 Å². The van der Waals surface area contributed by atoms with Gasteiger partial charge < -0.3 is 20.3 Å². The van der Waals surface area contributed by atoms with Gasteiger partial charge in [0.15, 0.2) is 0 Å². The van der Waals surface area contributed by atoms with Crippen LogP contribution in [0.4, 0.5) is 4.79 Å². The zero-order valence-corrected chi connectivity index (χ0v) is 21.9. The Kier molecular flexibility index (Phi) is 16.6. The maximum atomic E-state index is 11.7. The number of hydrogen-bond acceptors (Lipinski definition) is 4. The molecule has 0 unspecified atom stereocenters. The number of unbranched alkanes of at least 4 members (excludes halogenated alkanes) is 1. The smallest absolute Gasteiger partial charge is 0.410 e. The van der Waals surface area contributed by atoms with Crippen LogP contribution in [0.1, 0.15) is 98.8 Å². The van der Waals surface area contributed by atoms with Crippen LogP contribution < -0.4 is 10.6 Å². The van der Waals surface area contributed by atoms with E-state index in [9.17, 15) is 4.79 Å².